The number of hydrogen-bond acceptors (Lipinski definition) is 2. The molecule has 0 aromatic carbocycles. The minimum atomic E-state index is 0.661. The minimum absolute atomic E-state index is 0.661. The van der Waals surface area contributed by atoms with E-state index in [2.05, 4.69) is 35.6 Å². The highest BCUT2D eigenvalue weighted by Crippen LogP contribution is 2.22. The molecule has 2 nitrogen and oxygen atoms in total. The quantitative estimate of drug-likeness (QED) is 0.625. The molecule has 1 unspecified atom stereocenters. The normalized spacial score (nSPS) is 30.1. The number of dihydropyridines is 1. The SMILES string of the molecule is CN1CCCC1C1=CNCC=C1. The van der Waals surface area contributed by atoms with E-state index in [0.29, 0.717) is 6.04 Å². The first-order valence-corrected chi connectivity index (χ1v) is 4.68. The van der Waals surface area contributed by atoms with Gasteiger partial charge in [0.25, 0.3) is 0 Å². The highest BCUT2D eigenvalue weighted by Gasteiger charge is 2.23. The molecule has 1 saturated heterocycles. The smallest absolute Gasteiger partial charge is 0.0359 e. The van der Waals surface area contributed by atoms with Crippen LogP contribution < -0.4 is 5.32 Å². The lowest BCUT2D eigenvalue weighted by molar-refractivity contribution is 0.347. The molecule has 0 amide bonds. The molecular formula is C10H16N2. The summed E-state index contributed by atoms with van der Waals surface area (Å²) < 4.78 is 0. The number of likely N-dealkylation sites (N-methyl/N-ethyl adjacent to an activating group) is 1. The second-order valence-electron chi connectivity index (χ2n) is 3.59. The van der Waals surface area contributed by atoms with Crippen molar-refractivity contribution in [2.75, 3.05) is 20.1 Å². The van der Waals surface area contributed by atoms with Gasteiger partial charge in [0.15, 0.2) is 0 Å². The Balaban J connectivity index is 2.07. The lowest BCUT2D eigenvalue weighted by Crippen LogP contribution is -2.28. The van der Waals surface area contributed by atoms with Gasteiger partial charge < -0.3 is 5.32 Å². The summed E-state index contributed by atoms with van der Waals surface area (Å²) in [5, 5.41) is 3.26. The summed E-state index contributed by atoms with van der Waals surface area (Å²) in [6.45, 7) is 2.23. The van der Waals surface area contributed by atoms with Gasteiger partial charge in [0.05, 0.1) is 0 Å². The Bertz CT molecular complexity index is 218. The molecule has 66 valence electrons. The van der Waals surface area contributed by atoms with E-state index in [1.165, 1.54) is 25.0 Å². The molecule has 2 aliphatic heterocycles. The summed E-state index contributed by atoms with van der Waals surface area (Å²) >= 11 is 0. The van der Waals surface area contributed by atoms with Crippen molar-refractivity contribution in [2.45, 2.75) is 18.9 Å². The van der Waals surface area contributed by atoms with Crippen molar-refractivity contribution in [3.8, 4) is 0 Å². The molecule has 0 aliphatic carbocycles. The summed E-state index contributed by atoms with van der Waals surface area (Å²) in [6, 6.07) is 0.661. The van der Waals surface area contributed by atoms with Crippen molar-refractivity contribution in [1.29, 1.82) is 0 Å². The third kappa shape index (κ3) is 1.39. The third-order valence-corrected chi connectivity index (χ3v) is 2.72. The van der Waals surface area contributed by atoms with E-state index in [1.54, 1.807) is 0 Å². The molecule has 0 aromatic heterocycles. The van der Waals surface area contributed by atoms with Gasteiger partial charge >= 0.3 is 0 Å². The molecule has 12 heavy (non-hydrogen) atoms. The Kier molecular flexibility index (Phi) is 2.17. The first-order valence-electron chi connectivity index (χ1n) is 4.68. The predicted octanol–water partition coefficient (Wildman–Crippen LogP) is 1.12. The first kappa shape index (κ1) is 7.87. The van der Waals surface area contributed by atoms with E-state index >= 15 is 0 Å². The lowest BCUT2D eigenvalue weighted by atomic mass is 10.0. The number of hydrogen-bond donors (Lipinski definition) is 1. The fraction of sp³-hybridized carbons (Fsp3) is 0.600. The second-order valence-corrected chi connectivity index (χ2v) is 3.59. The Labute approximate surface area is 73.9 Å². The van der Waals surface area contributed by atoms with Crippen LogP contribution in [0.15, 0.2) is 23.9 Å². The van der Waals surface area contributed by atoms with Crippen molar-refractivity contribution in [2.24, 2.45) is 0 Å². The molecule has 2 heterocycles. The van der Waals surface area contributed by atoms with Crippen LogP contribution in [0.5, 0.6) is 0 Å². The topological polar surface area (TPSA) is 15.3 Å². The van der Waals surface area contributed by atoms with Gasteiger partial charge in [0, 0.05) is 18.8 Å². The van der Waals surface area contributed by atoms with E-state index in [4.69, 9.17) is 0 Å². The van der Waals surface area contributed by atoms with Gasteiger partial charge in [-0.3, -0.25) is 4.90 Å². The lowest BCUT2D eigenvalue weighted by Gasteiger charge is -2.22. The minimum Gasteiger partial charge on any atom is -0.387 e. The van der Waals surface area contributed by atoms with Gasteiger partial charge in [-0.15, -0.1) is 0 Å². The summed E-state index contributed by atoms with van der Waals surface area (Å²) in [5.41, 5.74) is 1.45. The Morgan fingerprint density at radius 3 is 3.08 bits per heavy atom. The van der Waals surface area contributed by atoms with Crippen LogP contribution in [-0.4, -0.2) is 31.1 Å². The van der Waals surface area contributed by atoms with Crippen molar-refractivity contribution >= 4 is 0 Å². The van der Waals surface area contributed by atoms with Gasteiger partial charge in [-0.1, -0.05) is 12.2 Å². The maximum Gasteiger partial charge on any atom is 0.0359 e. The maximum atomic E-state index is 3.26. The fourth-order valence-electron chi connectivity index (χ4n) is 2.03. The first-order chi connectivity index (χ1) is 5.88. The average Bonchev–Trinajstić information content (AvgIpc) is 2.53. The van der Waals surface area contributed by atoms with Crippen LogP contribution in [0.2, 0.25) is 0 Å². The fourth-order valence-corrected chi connectivity index (χ4v) is 2.03. The Hall–Kier alpha value is -0.760. The second kappa shape index (κ2) is 3.31. The van der Waals surface area contributed by atoms with Crippen molar-refractivity contribution in [3.63, 3.8) is 0 Å². The standard InChI is InChI=1S/C10H16N2/c1-12-7-3-5-10(12)9-4-2-6-11-8-9/h2,4,8,10-11H,3,5-7H2,1H3. The zero-order chi connectivity index (χ0) is 8.39. The number of likely N-dealkylation sites (tertiary alicyclic amines) is 1. The van der Waals surface area contributed by atoms with Crippen molar-refractivity contribution in [1.82, 2.24) is 10.2 Å². The van der Waals surface area contributed by atoms with Crippen molar-refractivity contribution < 1.29 is 0 Å². The Morgan fingerprint density at radius 1 is 1.58 bits per heavy atom. The van der Waals surface area contributed by atoms with Crippen molar-refractivity contribution in [3.05, 3.63) is 23.9 Å². The molecule has 1 N–H and O–H groups in total. The predicted molar refractivity (Wildman–Crippen MR) is 50.9 cm³/mol. The van der Waals surface area contributed by atoms with Crippen LogP contribution in [0, 0.1) is 0 Å². The molecule has 1 atom stereocenters. The van der Waals surface area contributed by atoms with E-state index < -0.39 is 0 Å². The number of nitrogens with one attached hydrogen (secondary N) is 1. The number of nitrogens with zero attached hydrogens (tertiary/aromatic N) is 1. The molecule has 1 fully saturated rings. The largest absolute Gasteiger partial charge is 0.387 e. The molecule has 0 bridgehead atoms. The summed E-state index contributed by atoms with van der Waals surface area (Å²) in [4.78, 5) is 2.43. The van der Waals surface area contributed by atoms with E-state index in [1.807, 2.05) is 0 Å². The van der Waals surface area contributed by atoms with E-state index in [9.17, 15) is 0 Å². The molecule has 2 heteroatoms. The summed E-state index contributed by atoms with van der Waals surface area (Å²) in [5.74, 6) is 0. The van der Waals surface area contributed by atoms with Crippen LogP contribution in [0.1, 0.15) is 12.8 Å². The van der Waals surface area contributed by atoms with E-state index in [0.717, 1.165) is 6.54 Å². The molecule has 0 radical (unpaired) electrons. The maximum absolute atomic E-state index is 3.26. The van der Waals surface area contributed by atoms with Gasteiger partial charge in [0.2, 0.25) is 0 Å². The van der Waals surface area contributed by atoms with Gasteiger partial charge in [-0.05, 0) is 32.0 Å². The zero-order valence-corrected chi connectivity index (χ0v) is 7.59. The monoisotopic (exact) mass is 164 g/mol. The Morgan fingerprint density at radius 2 is 2.50 bits per heavy atom. The summed E-state index contributed by atoms with van der Waals surface area (Å²) in [6.07, 6.45) is 9.26. The van der Waals surface area contributed by atoms with Crippen LogP contribution in [0.4, 0.5) is 0 Å². The molecule has 2 aliphatic rings. The summed E-state index contributed by atoms with van der Waals surface area (Å²) in [7, 11) is 2.21. The highest BCUT2D eigenvalue weighted by molar-refractivity contribution is 5.28. The van der Waals surface area contributed by atoms with Gasteiger partial charge in [0.1, 0.15) is 0 Å². The van der Waals surface area contributed by atoms with Gasteiger partial charge in [-0.2, -0.15) is 0 Å². The molecule has 0 spiro atoms. The van der Waals surface area contributed by atoms with Crippen LogP contribution >= 0.6 is 0 Å². The zero-order valence-electron chi connectivity index (χ0n) is 7.59. The molecule has 2 rings (SSSR count). The van der Waals surface area contributed by atoms with Gasteiger partial charge in [-0.25, -0.2) is 0 Å². The van der Waals surface area contributed by atoms with Crippen LogP contribution in [0.3, 0.4) is 0 Å². The molecule has 0 aromatic rings. The van der Waals surface area contributed by atoms with Crippen LogP contribution in [-0.2, 0) is 0 Å². The van der Waals surface area contributed by atoms with E-state index in [-0.39, 0.29) is 0 Å². The average molecular weight is 164 g/mol. The molecular weight excluding hydrogens is 148 g/mol. The molecule has 0 saturated carbocycles. The number of rotatable bonds is 1. The third-order valence-electron chi connectivity index (χ3n) is 2.72. The van der Waals surface area contributed by atoms with Crippen LogP contribution in [0.25, 0.3) is 0 Å². The highest BCUT2D eigenvalue weighted by atomic mass is 15.1.